The van der Waals surface area contributed by atoms with Crippen molar-refractivity contribution >= 4 is 17.6 Å². The minimum Gasteiger partial charge on any atom is -0.466 e. The van der Waals surface area contributed by atoms with E-state index in [1.807, 2.05) is 0 Å². The van der Waals surface area contributed by atoms with Crippen LogP contribution in [-0.4, -0.2) is 12.6 Å². The number of hydrogen-bond acceptors (Lipinski definition) is 2. The number of rotatable bonds is 3. The lowest BCUT2D eigenvalue weighted by atomic mass is 10.1. The SMILES string of the molecule is CCOC(=O)Cc1cc(Cl)cc(F)c1C. The molecule has 0 aliphatic carbocycles. The van der Waals surface area contributed by atoms with E-state index >= 15 is 0 Å². The van der Waals surface area contributed by atoms with Crippen molar-refractivity contribution in [3.63, 3.8) is 0 Å². The summed E-state index contributed by atoms with van der Waals surface area (Å²) in [6, 6.07) is 2.81. The van der Waals surface area contributed by atoms with Crippen LogP contribution < -0.4 is 0 Å². The van der Waals surface area contributed by atoms with Crippen molar-refractivity contribution in [1.29, 1.82) is 0 Å². The molecule has 0 saturated heterocycles. The van der Waals surface area contributed by atoms with Gasteiger partial charge in [-0.15, -0.1) is 0 Å². The predicted molar refractivity (Wildman–Crippen MR) is 56.5 cm³/mol. The van der Waals surface area contributed by atoms with Gasteiger partial charge in [-0.1, -0.05) is 11.6 Å². The molecule has 0 radical (unpaired) electrons. The molecule has 82 valence electrons. The lowest BCUT2D eigenvalue weighted by Gasteiger charge is -2.07. The van der Waals surface area contributed by atoms with Gasteiger partial charge in [-0.05, 0) is 37.1 Å². The molecular weight excluding hydrogens is 219 g/mol. The summed E-state index contributed by atoms with van der Waals surface area (Å²) in [5, 5.41) is 0.289. The summed E-state index contributed by atoms with van der Waals surface area (Å²) in [7, 11) is 0. The van der Waals surface area contributed by atoms with Gasteiger partial charge in [0.25, 0.3) is 0 Å². The van der Waals surface area contributed by atoms with Gasteiger partial charge < -0.3 is 4.74 Å². The van der Waals surface area contributed by atoms with Crippen LogP contribution in [0.4, 0.5) is 4.39 Å². The minimum absolute atomic E-state index is 0.0527. The molecule has 1 aromatic carbocycles. The molecule has 0 aliphatic rings. The van der Waals surface area contributed by atoms with Gasteiger partial charge in [-0.3, -0.25) is 4.79 Å². The van der Waals surface area contributed by atoms with Crippen molar-refractivity contribution < 1.29 is 13.9 Å². The third-order valence-corrected chi connectivity index (χ3v) is 2.27. The second-order valence-corrected chi connectivity index (χ2v) is 3.59. The zero-order valence-electron chi connectivity index (χ0n) is 8.64. The summed E-state index contributed by atoms with van der Waals surface area (Å²) in [5.74, 6) is -0.774. The second-order valence-electron chi connectivity index (χ2n) is 3.15. The van der Waals surface area contributed by atoms with Crippen LogP contribution in [0.25, 0.3) is 0 Å². The summed E-state index contributed by atoms with van der Waals surface area (Å²) in [6.07, 6.45) is 0.0527. The Morgan fingerprint density at radius 1 is 1.53 bits per heavy atom. The highest BCUT2D eigenvalue weighted by molar-refractivity contribution is 6.30. The molecule has 1 aromatic rings. The Hall–Kier alpha value is -1.09. The van der Waals surface area contributed by atoms with Crippen LogP contribution in [-0.2, 0) is 16.0 Å². The van der Waals surface area contributed by atoms with E-state index in [9.17, 15) is 9.18 Å². The molecule has 4 heteroatoms. The van der Waals surface area contributed by atoms with Crippen molar-refractivity contribution in [3.05, 3.63) is 34.1 Å². The molecule has 0 saturated carbocycles. The third-order valence-electron chi connectivity index (χ3n) is 2.06. The Labute approximate surface area is 93.0 Å². The Bertz CT molecular complexity index is 377. The lowest BCUT2D eigenvalue weighted by molar-refractivity contribution is -0.142. The molecule has 0 N–H and O–H groups in total. The van der Waals surface area contributed by atoms with E-state index in [4.69, 9.17) is 16.3 Å². The van der Waals surface area contributed by atoms with Gasteiger partial charge in [0.1, 0.15) is 5.82 Å². The Morgan fingerprint density at radius 3 is 2.80 bits per heavy atom. The second kappa shape index (κ2) is 5.12. The fraction of sp³-hybridized carbons (Fsp3) is 0.364. The maximum Gasteiger partial charge on any atom is 0.310 e. The predicted octanol–water partition coefficient (Wildman–Crippen LogP) is 2.89. The van der Waals surface area contributed by atoms with E-state index in [0.29, 0.717) is 17.7 Å². The molecule has 15 heavy (non-hydrogen) atoms. The van der Waals surface area contributed by atoms with Crippen LogP contribution >= 0.6 is 11.6 Å². The molecule has 0 aliphatic heterocycles. The largest absolute Gasteiger partial charge is 0.466 e. The highest BCUT2D eigenvalue weighted by Gasteiger charge is 2.10. The van der Waals surface area contributed by atoms with Gasteiger partial charge in [-0.25, -0.2) is 4.39 Å². The van der Waals surface area contributed by atoms with Crippen LogP contribution in [0.2, 0.25) is 5.02 Å². The minimum atomic E-state index is -0.401. The maximum atomic E-state index is 13.2. The Kier molecular flexibility index (Phi) is 4.09. The molecule has 0 heterocycles. The first-order chi connectivity index (χ1) is 7.04. The molecule has 0 aromatic heterocycles. The van der Waals surface area contributed by atoms with E-state index in [2.05, 4.69) is 0 Å². The van der Waals surface area contributed by atoms with Crippen molar-refractivity contribution in [2.75, 3.05) is 6.61 Å². The zero-order valence-corrected chi connectivity index (χ0v) is 9.40. The van der Waals surface area contributed by atoms with E-state index in [1.54, 1.807) is 19.9 Å². The molecule has 0 atom stereocenters. The van der Waals surface area contributed by atoms with Crippen molar-refractivity contribution in [1.82, 2.24) is 0 Å². The van der Waals surface area contributed by atoms with Crippen LogP contribution in [0.5, 0.6) is 0 Å². The van der Waals surface area contributed by atoms with Crippen LogP contribution in [0, 0.1) is 12.7 Å². The first-order valence-corrected chi connectivity index (χ1v) is 5.02. The molecule has 0 fully saturated rings. The van der Waals surface area contributed by atoms with Crippen LogP contribution in [0.1, 0.15) is 18.1 Å². The highest BCUT2D eigenvalue weighted by atomic mass is 35.5. The summed E-state index contributed by atoms with van der Waals surface area (Å²) in [4.78, 5) is 11.2. The van der Waals surface area contributed by atoms with E-state index < -0.39 is 5.82 Å². The van der Waals surface area contributed by atoms with Crippen LogP contribution in [0.15, 0.2) is 12.1 Å². The number of hydrogen-bond donors (Lipinski definition) is 0. The van der Waals surface area contributed by atoms with Gasteiger partial charge in [0.2, 0.25) is 0 Å². The number of esters is 1. The van der Waals surface area contributed by atoms with E-state index in [1.165, 1.54) is 6.07 Å². The average molecular weight is 231 g/mol. The smallest absolute Gasteiger partial charge is 0.310 e. The van der Waals surface area contributed by atoms with Crippen LogP contribution in [0.3, 0.4) is 0 Å². The van der Waals surface area contributed by atoms with Gasteiger partial charge in [-0.2, -0.15) is 0 Å². The fourth-order valence-electron chi connectivity index (χ4n) is 1.25. The Balaban J connectivity index is 2.89. The molecule has 1 rings (SSSR count). The normalized spacial score (nSPS) is 10.1. The number of ether oxygens (including phenoxy) is 1. The molecule has 0 bridgehead atoms. The number of carbonyl (C=O) groups excluding carboxylic acids is 1. The summed E-state index contributed by atoms with van der Waals surface area (Å²) < 4.78 is 18.0. The zero-order chi connectivity index (χ0) is 11.4. The standard InChI is InChI=1S/C11H12ClFO2/c1-3-15-11(14)5-8-4-9(12)6-10(13)7(8)2/h4,6H,3,5H2,1-2H3. The summed E-state index contributed by atoms with van der Waals surface area (Å²) in [5.41, 5.74) is 1.01. The summed E-state index contributed by atoms with van der Waals surface area (Å²) >= 11 is 5.69. The van der Waals surface area contributed by atoms with Crippen molar-refractivity contribution in [2.45, 2.75) is 20.3 Å². The monoisotopic (exact) mass is 230 g/mol. The fourth-order valence-corrected chi connectivity index (χ4v) is 1.48. The molecule has 2 nitrogen and oxygen atoms in total. The molecular formula is C11H12ClFO2. The van der Waals surface area contributed by atoms with E-state index in [0.717, 1.165) is 0 Å². The van der Waals surface area contributed by atoms with Crippen molar-refractivity contribution in [2.24, 2.45) is 0 Å². The summed E-state index contributed by atoms with van der Waals surface area (Å²) in [6.45, 7) is 3.66. The van der Waals surface area contributed by atoms with Gasteiger partial charge >= 0.3 is 5.97 Å². The number of benzene rings is 1. The molecule has 0 amide bonds. The topological polar surface area (TPSA) is 26.3 Å². The van der Waals surface area contributed by atoms with Gasteiger partial charge in [0.15, 0.2) is 0 Å². The highest BCUT2D eigenvalue weighted by Crippen LogP contribution is 2.20. The first kappa shape index (κ1) is 12.0. The first-order valence-electron chi connectivity index (χ1n) is 4.64. The lowest BCUT2D eigenvalue weighted by Crippen LogP contribution is -2.09. The quantitative estimate of drug-likeness (QED) is 0.747. The van der Waals surface area contributed by atoms with Gasteiger partial charge in [0.05, 0.1) is 13.0 Å². The molecule has 0 unspecified atom stereocenters. The average Bonchev–Trinajstić information content (AvgIpc) is 2.13. The van der Waals surface area contributed by atoms with E-state index in [-0.39, 0.29) is 17.4 Å². The third kappa shape index (κ3) is 3.20. The molecule has 0 spiro atoms. The number of halogens is 2. The Morgan fingerprint density at radius 2 is 2.20 bits per heavy atom. The number of carbonyl (C=O) groups is 1. The van der Waals surface area contributed by atoms with Gasteiger partial charge in [0, 0.05) is 5.02 Å². The van der Waals surface area contributed by atoms with Crippen molar-refractivity contribution in [3.8, 4) is 0 Å². The maximum absolute atomic E-state index is 13.2.